The Labute approximate surface area is 153 Å². The molecule has 12 heteroatoms. The number of aromatic nitrogens is 3. The first-order chi connectivity index (χ1) is 12.8. The zero-order valence-corrected chi connectivity index (χ0v) is 14.6. The average Bonchev–Trinajstić information content (AvgIpc) is 2.99. The minimum absolute atomic E-state index is 0.229. The highest BCUT2D eigenvalue weighted by Crippen LogP contribution is 2.31. The fourth-order valence-corrected chi connectivity index (χ4v) is 2.58. The van der Waals surface area contributed by atoms with E-state index in [1.165, 1.54) is 0 Å². The standard InChI is InChI=1S/C15H15N5O7/c1-7(21)25-12-6-24-15(20-11(5-17)10(4-16)18-19-20)14(27-9(3)23)13(12)26-8(2)22/h12-15H,6H2,1-3H3/t12-,13+,14+,15-/m0/s1. The Hall–Kier alpha value is -3.51. The summed E-state index contributed by atoms with van der Waals surface area (Å²) < 4.78 is 22.0. The molecular weight excluding hydrogens is 362 g/mol. The summed E-state index contributed by atoms with van der Waals surface area (Å²) in [6, 6.07) is 3.47. The van der Waals surface area contributed by atoms with Crippen molar-refractivity contribution >= 4 is 17.9 Å². The van der Waals surface area contributed by atoms with Gasteiger partial charge in [0, 0.05) is 20.8 Å². The monoisotopic (exact) mass is 377 g/mol. The second-order valence-corrected chi connectivity index (χ2v) is 5.47. The minimum Gasteiger partial charge on any atom is -0.456 e. The summed E-state index contributed by atoms with van der Waals surface area (Å²) in [6.07, 6.45) is -4.84. The molecule has 1 aromatic rings. The van der Waals surface area contributed by atoms with Gasteiger partial charge in [0.15, 0.2) is 30.2 Å². The average molecular weight is 377 g/mol. The van der Waals surface area contributed by atoms with Gasteiger partial charge in [0.05, 0.1) is 6.61 Å². The molecule has 1 saturated heterocycles. The van der Waals surface area contributed by atoms with Crippen LogP contribution in [0, 0.1) is 22.7 Å². The molecule has 2 rings (SSSR count). The Morgan fingerprint density at radius 1 is 1.04 bits per heavy atom. The lowest BCUT2D eigenvalue weighted by Crippen LogP contribution is -2.55. The Morgan fingerprint density at radius 3 is 2.15 bits per heavy atom. The number of nitrogens with zero attached hydrogens (tertiary/aromatic N) is 5. The van der Waals surface area contributed by atoms with Crippen LogP contribution in [0.15, 0.2) is 0 Å². The van der Waals surface area contributed by atoms with E-state index >= 15 is 0 Å². The van der Waals surface area contributed by atoms with Crippen LogP contribution >= 0.6 is 0 Å². The summed E-state index contributed by atoms with van der Waals surface area (Å²) in [5, 5.41) is 25.6. The Bertz CT molecular complexity index is 837. The van der Waals surface area contributed by atoms with Crippen LogP contribution in [0.2, 0.25) is 0 Å². The van der Waals surface area contributed by atoms with Crippen molar-refractivity contribution in [3.8, 4) is 12.1 Å². The maximum atomic E-state index is 11.6. The summed E-state index contributed by atoms with van der Waals surface area (Å²) in [6.45, 7) is 3.16. The Morgan fingerprint density at radius 2 is 1.63 bits per heavy atom. The van der Waals surface area contributed by atoms with Gasteiger partial charge in [-0.2, -0.15) is 10.5 Å². The smallest absolute Gasteiger partial charge is 0.303 e. The van der Waals surface area contributed by atoms with Gasteiger partial charge in [-0.05, 0) is 0 Å². The van der Waals surface area contributed by atoms with E-state index in [-0.39, 0.29) is 18.0 Å². The summed E-state index contributed by atoms with van der Waals surface area (Å²) in [7, 11) is 0. The summed E-state index contributed by atoms with van der Waals surface area (Å²) >= 11 is 0. The fourth-order valence-electron chi connectivity index (χ4n) is 2.58. The van der Waals surface area contributed by atoms with Gasteiger partial charge in [0.2, 0.25) is 5.69 Å². The van der Waals surface area contributed by atoms with Gasteiger partial charge < -0.3 is 18.9 Å². The predicted octanol–water partition coefficient (Wildman–Crippen LogP) is -0.655. The number of nitriles is 2. The van der Waals surface area contributed by atoms with Gasteiger partial charge >= 0.3 is 17.9 Å². The second kappa shape index (κ2) is 8.25. The third-order valence-corrected chi connectivity index (χ3v) is 3.47. The number of hydrogen-bond acceptors (Lipinski definition) is 11. The molecule has 1 fully saturated rings. The molecule has 142 valence electrons. The normalized spacial score (nSPS) is 24.2. The molecule has 0 unspecified atom stereocenters. The molecule has 0 radical (unpaired) electrons. The molecule has 0 saturated carbocycles. The highest BCUT2D eigenvalue weighted by atomic mass is 16.6. The number of hydrogen-bond donors (Lipinski definition) is 0. The van der Waals surface area contributed by atoms with Crippen molar-refractivity contribution in [2.45, 2.75) is 45.3 Å². The van der Waals surface area contributed by atoms with E-state index in [0.29, 0.717) is 0 Å². The molecule has 2 heterocycles. The number of carbonyl (C=O) groups excluding carboxylic acids is 3. The zero-order valence-electron chi connectivity index (χ0n) is 14.6. The summed E-state index contributed by atoms with van der Waals surface area (Å²) in [4.78, 5) is 34.4. The molecule has 0 spiro atoms. The highest BCUT2D eigenvalue weighted by Gasteiger charge is 2.48. The molecule has 27 heavy (non-hydrogen) atoms. The van der Waals surface area contributed by atoms with Crippen molar-refractivity contribution in [2.75, 3.05) is 6.61 Å². The molecule has 1 aliphatic rings. The molecule has 0 N–H and O–H groups in total. The molecule has 4 atom stereocenters. The van der Waals surface area contributed by atoms with Gasteiger partial charge in [-0.3, -0.25) is 14.4 Å². The van der Waals surface area contributed by atoms with E-state index in [9.17, 15) is 19.6 Å². The third-order valence-electron chi connectivity index (χ3n) is 3.47. The van der Waals surface area contributed by atoms with E-state index in [1.807, 2.05) is 0 Å². The fraction of sp³-hybridized carbons (Fsp3) is 0.533. The van der Waals surface area contributed by atoms with Gasteiger partial charge in [0.1, 0.15) is 12.1 Å². The number of ether oxygens (including phenoxy) is 4. The Kier molecular flexibility index (Phi) is 6.05. The van der Waals surface area contributed by atoms with Gasteiger partial charge in [0.25, 0.3) is 0 Å². The zero-order chi connectivity index (χ0) is 20.1. The van der Waals surface area contributed by atoms with E-state index < -0.39 is 42.4 Å². The first kappa shape index (κ1) is 19.8. The lowest BCUT2D eigenvalue weighted by atomic mass is 10.0. The van der Waals surface area contributed by atoms with E-state index in [4.69, 9.17) is 24.2 Å². The van der Waals surface area contributed by atoms with Crippen molar-refractivity contribution in [1.82, 2.24) is 15.0 Å². The first-order valence-corrected chi connectivity index (χ1v) is 7.67. The first-order valence-electron chi connectivity index (χ1n) is 7.67. The molecular formula is C15H15N5O7. The molecule has 1 aliphatic heterocycles. The quantitative estimate of drug-likeness (QED) is 0.483. The molecule has 0 aromatic carbocycles. The number of carbonyl (C=O) groups is 3. The van der Waals surface area contributed by atoms with Crippen LogP contribution in [0.4, 0.5) is 0 Å². The van der Waals surface area contributed by atoms with E-state index in [2.05, 4.69) is 10.3 Å². The SMILES string of the molecule is CC(=O)O[C@@H]1[C@H](OC(C)=O)[C@@H](OC(C)=O)CO[C@@H]1n1nnc(C#N)c1C#N. The van der Waals surface area contributed by atoms with Crippen molar-refractivity contribution in [3.63, 3.8) is 0 Å². The minimum atomic E-state index is -1.31. The van der Waals surface area contributed by atoms with Crippen molar-refractivity contribution in [3.05, 3.63) is 11.4 Å². The summed E-state index contributed by atoms with van der Waals surface area (Å²) in [5.74, 6) is -2.12. The molecule has 0 amide bonds. The van der Waals surface area contributed by atoms with Gasteiger partial charge in [-0.25, -0.2) is 4.68 Å². The predicted molar refractivity (Wildman–Crippen MR) is 81.1 cm³/mol. The lowest BCUT2D eigenvalue weighted by molar-refractivity contribution is -0.241. The van der Waals surface area contributed by atoms with E-state index in [0.717, 1.165) is 25.5 Å². The van der Waals surface area contributed by atoms with Gasteiger partial charge in [-0.15, -0.1) is 5.10 Å². The van der Waals surface area contributed by atoms with Crippen molar-refractivity contribution in [2.24, 2.45) is 0 Å². The summed E-state index contributed by atoms with van der Waals surface area (Å²) in [5.41, 5.74) is -0.485. The van der Waals surface area contributed by atoms with Crippen LogP contribution in [0.5, 0.6) is 0 Å². The second-order valence-electron chi connectivity index (χ2n) is 5.47. The van der Waals surface area contributed by atoms with Crippen LogP contribution in [0.1, 0.15) is 38.4 Å². The highest BCUT2D eigenvalue weighted by molar-refractivity contribution is 5.68. The van der Waals surface area contributed by atoms with Crippen LogP contribution < -0.4 is 0 Å². The molecule has 1 aromatic heterocycles. The number of esters is 3. The molecule has 0 bridgehead atoms. The third kappa shape index (κ3) is 4.37. The lowest BCUT2D eigenvalue weighted by Gasteiger charge is -2.40. The topological polar surface area (TPSA) is 166 Å². The number of rotatable bonds is 4. The molecule has 0 aliphatic carbocycles. The van der Waals surface area contributed by atoms with Crippen LogP contribution in [-0.4, -0.2) is 57.8 Å². The van der Waals surface area contributed by atoms with E-state index in [1.54, 1.807) is 12.1 Å². The Balaban J connectivity index is 2.48. The largest absolute Gasteiger partial charge is 0.456 e. The maximum absolute atomic E-state index is 11.6. The van der Waals surface area contributed by atoms with Crippen LogP contribution in [0.25, 0.3) is 0 Å². The van der Waals surface area contributed by atoms with Crippen molar-refractivity contribution < 1.29 is 33.3 Å². The van der Waals surface area contributed by atoms with Crippen LogP contribution in [0.3, 0.4) is 0 Å². The van der Waals surface area contributed by atoms with Crippen molar-refractivity contribution in [1.29, 1.82) is 10.5 Å². The maximum Gasteiger partial charge on any atom is 0.303 e. The van der Waals surface area contributed by atoms with Gasteiger partial charge in [-0.1, -0.05) is 5.21 Å². The van der Waals surface area contributed by atoms with Crippen LogP contribution in [-0.2, 0) is 33.3 Å². The molecule has 12 nitrogen and oxygen atoms in total.